The molecule has 1 heterocycles. The van der Waals surface area contributed by atoms with Crippen LogP contribution in [-0.4, -0.2) is 36.2 Å². The summed E-state index contributed by atoms with van der Waals surface area (Å²) in [6, 6.07) is 8.50. The molecule has 7 nitrogen and oxygen atoms in total. The number of carbonyl (C=O) groups excluding carboxylic acids is 1. The van der Waals surface area contributed by atoms with E-state index in [1.165, 1.54) is 56.8 Å². The van der Waals surface area contributed by atoms with E-state index in [0.717, 1.165) is 0 Å². The summed E-state index contributed by atoms with van der Waals surface area (Å²) in [4.78, 5) is 27.9. The Morgan fingerprint density at radius 2 is 1.85 bits per heavy atom. The molecule has 3 rings (SSSR count). The van der Waals surface area contributed by atoms with Gasteiger partial charge in [-0.05, 0) is 24.3 Å². The van der Waals surface area contributed by atoms with Gasteiger partial charge in [-0.25, -0.2) is 14.2 Å². The summed E-state index contributed by atoms with van der Waals surface area (Å²) in [5, 5.41) is 12.6. The van der Waals surface area contributed by atoms with Crippen LogP contribution in [0.2, 0.25) is 0 Å². The van der Waals surface area contributed by atoms with Gasteiger partial charge in [-0.15, -0.1) is 0 Å². The van der Waals surface area contributed by atoms with Gasteiger partial charge in [0.05, 0.1) is 25.5 Å². The molecule has 2 aromatic carbocycles. The van der Waals surface area contributed by atoms with E-state index < -0.39 is 17.7 Å². The summed E-state index contributed by atoms with van der Waals surface area (Å²) in [6.07, 6.45) is 1.30. The molecule has 0 aliphatic heterocycles. The Hall–Kier alpha value is -3.68. The van der Waals surface area contributed by atoms with Crippen LogP contribution < -0.4 is 14.8 Å². The van der Waals surface area contributed by atoms with Crippen LogP contribution in [0.25, 0.3) is 10.8 Å². The number of nitrogens with one attached hydrogen (secondary N) is 1. The van der Waals surface area contributed by atoms with E-state index in [9.17, 15) is 19.1 Å². The second kappa shape index (κ2) is 7.28. The Balaban J connectivity index is 2.24. The molecule has 138 valence electrons. The highest BCUT2D eigenvalue weighted by molar-refractivity contribution is 6.14. The number of carboxylic acids is 1. The van der Waals surface area contributed by atoms with Crippen molar-refractivity contribution in [3.63, 3.8) is 0 Å². The number of pyridine rings is 1. The molecule has 8 heteroatoms. The first-order valence-electron chi connectivity index (χ1n) is 7.80. The van der Waals surface area contributed by atoms with E-state index >= 15 is 0 Å². The van der Waals surface area contributed by atoms with Crippen molar-refractivity contribution in [2.75, 3.05) is 19.5 Å². The molecular formula is C19H15FN2O5. The smallest absolute Gasteiger partial charge is 0.355 e. The molecule has 0 saturated heterocycles. The number of nitrogens with zero attached hydrogens (tertiary/aromatic N) is 1. The summed E-state index contributed by atoms with van der Waals surface area (Å²) in [5.74, 6) is -2.26. The number of anilines is 1. The molecule has 2 N–H and O–H groups in total. The molecule has 0 spiro atoms. The Kier molecular flexibility index (Phi) is 4.89. The molecule has 0 fully saturated rings. The van der Waals surface area contributed by atoms with Crippen LogP contribution in [0.5, 0.6) is 11.5 Å². The third-order valence-electron chi connectivity index (χ3n) is 3.97. The fraction of sp³-hybridized carbons (Fsp3) is 0.105. The first-order chi connectivity index (χ1) is 13.0. The van der Waals surface area contributed by atoms with Crippen LogP contribution in [-0.2, 0) is 0 Å². The monoisotopic (exact) mass is 370 g/mol. The zero-order valence-corrected chi connectivity index (χ0v) is 14.4. The number of amides is 1. The van der Waals surface area contributed by atoms with Crippen molar-refractivity contribution in [2.45, 2.75) is 0 Å². The van der Waals surface area contributed by atoms with Crippen molar-refractivity contribution < 1.29 is 28.6 Å². The zero-order chi connectivity index (χ0) is 19.6. The molecule has 27 heavy (non-hydrogen) atoms. The van der Waals surface area contributed by atoms with Gasteiger partial charge in [0.1, 0.15) is 5.82 Å². The zero-order valence-electron chi connectivity index (χ0n) is 14.4. The van der Waals surface area contributed by atoms with E-state index in [0.29, 0.717) is 5.39 Å². The van der Waals surface area contributed by atoms with Crippen molar-refractivity contribution in [3.05, 3.63) is 59.7 Å². The summed E-state index contributed by atoms with van der Waals surface area (Å²) < 4.78 is 24.6. The minimum absolute atomic E-state index is 0.157. The Morgan fingerprint density at radius 1 is 1.11 bits per heavy atom. The highest BCUT2D eigenvalue weighted by Gasteiger charge is 2.22. The van der Waals surface area contributed by atoms with Crippen LogP contribution in [0.3, 0.4) is 0 Å². The number of aromatic carboxylic acids is 1. The van der Waals surface area contributed by atoms with Gasteiger partial charge in [-0.3, -0.25) is 4.79 Å². The van der Waals surface area contributed by atoms with E-state index in [2.05, 4.69) is 10.3 Å². The molecule has 1 amide bonds. The molecule has 0 aliphatic rings. The van der Waals surface area contributed by atoms with E-state index in [1.54, 1.807) is 0 Å². The quantitative estimate of drug-likeness (QED) is 0.715. The average Bonchev–Trinajstić information content (AvgIpc) is 2.67. The number of carboxylic acid groups (broad SMARTS) is 1. The van der Waals surface area contributed by atoms with Gasteiger partial charge in [-0.2, -0.15) is 0 Å². The molecule has 0 bridgehead atoms. The molecule has 0 unspecified atom stereocenters. The molecule has 0 aliphatic carbocycles. The minimum Gasteiger partial charge on any atom is -0.493 e. The fourth-order valence-corrected chi connectivity index (χ4v) is 2.75. The second-order valence-corrected chi connectivity index (χ2v) is 5.48. The number of hydrogen-bond acceptors (Lipinski definition) is 5. The van der Waals surface area contributed by atoms with Crippen molar-refractivity contribution in [1.82, 2.24) is 4.98 Å². The summed E-state index contributed by atoms with van der Waals surface area (Å²) in [7, 11) is 2.75. The van der Waals surface area contributed by atoms with Crippen LogP contribution in [0.4, 0.5) is 10.1 Å². The maximum Gasteiger partial charge on any atom is 0.355 e. The van der Waals surface area contributed by atoms with Gasteiger partial charge in [0.25, 0.3) is 5.91 Å². The predicted molar refractivity (Wildman–Crippen MR) is 96.2 cm³/mol. The van der Waals surface area contributed by atoms with Gasteiger partial charge >= 0.3 is 5.97 Å². The van der Waals surface area contributed by atoms with Crippen molar-refractivity contribution in [1.29, 1.82) is 0 Å². The highest BCUT2D eigenvalue weighted by Crippen LogP contribution is 2.42. The van der Waals surface area contributed by atoms with Crippen LogP contribution in [0.15, 0.2) is 42.6 Å². The largest absolute Gasteiger partial charge is 0.493 e. The molecule has 1 aromatic heterocycles. The fourth-order valence-electron chi connectivity index (χ4n) is 2.75. The van der Waals surface area contributed by atoms with E-state index in [1.807, 2.05) is 0 Å². The number of benzene rings is 2. The van der Waals surface area contributed by atoms with Crippen molar-refractivity contribution in [2.24, 2.45) is 0 Å². The van der Waals surface area contributed by atoms with Gasteiger partial charge in [0, 0.05) is 17.0 Å². The number of rotatable bonds is 5. The molecule has 3 aromatic rings. The minimum atomic E-state index is -1.24. The van der Waals surface area contributed by atoms with Crippen LogP contribution in [0.1, 0.15) is 20.8 Å². The van der Waals surface area contributed by atoms with Gasteiger partial charge < -0.3 is 19.9 Å². The third-order valence-corrected chi connectivity index (χ3v) is 3.97. The summed E-state index contributed by atoms with van der Waals surface area (Å²) in [5.41, 5.74) is -0.220. The number of fused-ring (bicyclic) bond motifs is 1. The SMILES string of the molecule is COc1cc2c(C(=O)O)nccc2c(NC(=O)c2ccccc2F)c1OC. The van der Waals surface area contributed by atoms with Crippen molar-refractivity contribution >= 4 is 28.3 Å². The number of aromatic nitrogens is 1. The Bertz CT molecular complexity index is 1050. The molecule has 0 saturated carbocycles. The number of carbonyl (C=O) groups is 2. The first kappa shape index (κ1) is 18.1. The predicted octanol–water partition coefficient (Wildman–Crippen LogP) is 3.34. The lowest BCUT2D eigenvalue weighted by Gasteiger charge is -2.17. The van der Waals surface area contributed by atoms with E-state index in [-0.39, 0.29) is 33.8 Å². The van der Waals surface area contributed by atoms with Crippen LogP contribution in [0, 0.1) is 5.82 Å². The lowest BCUT2D eigenvalue weighted by Crippen LogP contribution is -2.15. The lowest BCUT2D eigenvalue weighted by molar-refractivity contribution is 0.0692. The molecular weight excluding hydrogens is 355 g/mol. The lowest BCUT2D eigenvalue weighted by atomic mass is 10.1. The maximum atomic E-state index is 14.0. The summed E-state index contributed by atoms with van der Waals surface area (Å²) >= 11 is 0. The average molecular weight is 370 g/mol. The topological polar surface area (TPSA) is 97.8 Å². The van der Waals surface area contributed by atoms with Gasteiger partial charge in [-0.1, -0.05) is 12.1 Å². The first-order valence-corrected chi connectivity index (χ1v) is 7.80. The highest BCUT2D eigenvalue weighted by atomic mass is 19.1. The van der Waals surface area contributed by atoms with Gasteiger partial charge in [0.2, 0.25) is 0 Å². The third kappa shape index (κ3) is 3.24. The normalized spacial score (nSPS) is 10.5. The number of halogens is 1. The molecule has 0 atom stereocenters. The van der Waals surface area contributed by atoms with E-state index in [4.69, 9.17) is 9.47 Å². The Morgan fingerprint density at radius 3 is 2.48 bits per heavy atom. The summed E-state index contributed by atoms with van der Waals surface area (Å²) in [6.45, 7) is 0. The second-order valence-electron chi connectivity index (χ2n) is 5.48. The number of ether oxygens (including phenoxy) is 2. The standard InChI is InChI=1S/C19H15FN2O5/c1-26-14-9-12-10(7-8-21-16(12)19(24)25)15(17(14)27-2)22-18(23)11-5-3-4-6-13(11)20/h3-9H,1-2H3,(H,22,23)(H,24,25). The Labute approximate surface area is 153 Å². The van der Waals surface area contributed by atoms with Crippen molar-refractivity contribution in [3.8, 4) is 11.5 Å². The number of hydrogen-bond donors (Lipinski definition) is 2. The van der Waals surface area contributed by atoms with Crippen LogP contribution >= 0.6 is 0 Å². The van der Waals surface area contributed by atoms with Gasteiger partial charge in [0.15, 0.2) is 17.2 Å². The molecule has 0 radical (unpaired) electrons. The maximum absolute atomic E-state index is 14.0. The number of methoxy groups -OCH3 is 2.